The summed E-state index contributed by atoms with van der Waals surface area (Å²) < 4.78 is 0. The van der Waals surface area contributed by atoms with Crippen molar-refractivity contribution in [2.45, 2.75) is 6.42 Å². The maximum absolute atomic E-state index is 11.1. The highest BCUT2D eigenvalue weighted by atomic mass is 32.1. The number of carboxylic acids is 1. The van der Waals surface area contributed by atoms with Crippen LogP contribution in [0, 0.1) is 10.1 Å². The van der Waals surface area contributed by atoms with Gasteiger partial charge in [0.05, 0.1) is 16.2 Å². The van der Waals surface area contributed by atoms with E-state index in [0.29, 0.717) is 6.54 Å². The van der Waals surface area contributed by atoms with Crippen LogP contribution in [0.25, 0.3) is 0 Å². The predicted octanol–water partition coefficient (Wildman–Crippen LogP) is 3.01. The first-order valence-electron chi connectivity index (χ1n) is 5.84. The summed E-state index contributed by atoms with van der Waals surface area (Å²) in [6, 6.07) is 5.66. The van der Waals surface area contributed by atoms with Gasteiger partial charge in [0.1, 0.15) is 0 Å². The van der Waals surface area contributed by atoms with Crippen molar-refractivity contribution >= 4 is 28.7 Å². The minimum absolute atomic E-state index is 0.0286. The Morgan fingerprint density at radius 1 is 1.40 bits per heavy atom. The fourth-order valence-electron chi connectivity index (χ4n) is 1.75. The fraction of sp³-hybridized carbons (Fsp3) is 0.154. The summed E-state index contributed by atoms with van der Waals surface area (Å²) in [6.07, 6.45) is 0.727. The molecule has 1 aromatic heterocycles. The van der Waals surface area contributed by atoms with Crippen LogP contribution in [0.1, 0.15) is 15.9 Å². The van der Waals surface area contributed by atoms with Gasteiger partial charge in [0, 0.05) is 18.7 Å². The standard InChI is InChI=1S/C13H12N2O4S/c16-13(17)11-2-1-10(15(18)19)7-12(11)14-5-3-9-4-6-20-8-9/h1-2,4,6-8,14H,3,5H2,(H,16,17). The van der Waals surface area contributed by atoms with Gasteiger partial charge in [0.15, 0.2) is 0 Å². The van der Waals surface area contributed by atoms with Gasteiger partial charge in [-0.15, -0.1) is 0 Å². The number of carboxylic acid groups (broad SMARTS) is 1. The lowest BCUT2D eigenvalue weighted by atomic mass is 10.1. The largest absolute Gasteiger partial charge is 0.478 e. The van der Waals surface area contributed by atoms with Gasteiger partial charge in [0.2, 0.25) is 0 Å². The highest BCUT2D eigenvalue weighted by Crippen LogP contribution is 2.22. The van der Waals surface area contributed by atoms with Crippen molar-refractivity contribution in [3.05, 3.63) is 56.3 Å². The molecule has 2 N–H and O–H groups in total. The zero-order valence-corrected chi connectivity index (χ0v) is 11.2. The number of hydrogen-bond acceptors (Lipinski definition) is 5. The first kappa shape index (κ1) is 14.0. The van der Waals surface area contributed by atoms with E-state index in [4.69, 9.17) is 5.11 Å². The van der Waals surface area contributed by atoms with Crippen LogP contribution >= 0.6 is 11.3 Å². The van der Waals surface area contributed by atoms with Crippen molar-refractivity contribution < 1.29 is 14.8 Å². The number of nitrogens with one attached hydrogen (secondary N) is 1. The number of carbonyl (C=O) groups is 1. The molecule has 0 spiro atoms. The Bertz CT molecular complexity index is 625. The first-order chi connectivity index (χ1) is 9.58. The molecule has 0 saturated heterocycles. The summed E-state index contributed by atoms with van der Waals surface area (Å²) in [4.78, 5) is 21.3. The van der Waals surface area contributed by atoms with Crippen LogP contribution in [-0.4, -0.2) is 22.5 Å². The minimum Gasteiger partial charge on any atom is -0.478 e. The third-order valence-electron chi connectivity index (χ3n) is 2.75. The molecule has 0 aliphatic carbocycles. The number of hydrogen-bond donors (Lipinski definition) is 2. The predicted molar refractivity (Wildman–Crippen MR) is 76.6 cm³/mol. The maximum atomic E-state index is 11.1. The highest BCUT2D eigenvalue weighted by molar-refractivity contribution is 7.07. The van der Waals surface area contributed by atoms with Crippen molar-refractivity contribution in [1.82, 2.24) is 0 Å². The average molecular weight is 292 g/mol. The topological polar surface area (TPSA) is 92.5 Å². The molecule has 0 unspecified atom stereocenters. The van der Waals surface area contributed by atoms with Crippen LogP contribution < -0.4 is 5.32 Å². The zero-order valence-electron chi connectivity index (χ0n) is 10.4. The molecule has 6 nitrogen and oxygen atoms in total. The lowest BCUT2D eigenvalue weighted by Crippen LogP contribution is -2.09. The van der Waals surface area contributed by atoms with E-state index in [9.17, 15) is 14.9 Å². The Morgan fingerprint density at radius 2 is 2.20 bits per heavy atom. The lowest BCUT2D eigenvalue weighted by molar-refractivity contribution is -0.384. The molecular formula is C13H12N2O4S. The van der Waals surface area contributed by atoms with Gasteiger partial charge >= 0.3 is 5.97 Å². The number of nitrogens with zero attached hydrogens (tertiary/aromatic N) is 1. The van der Waals surface area contributed by atoms with E-state index < -0.39 is 10.9 Å². The van der Waals surface area contributed by atoms with Crippen LogP contribution in [0.3, 0.4) is 0 Å². The van der Waals surface area contributed by atoms with Gasteiger partial charge in [-0.2, -0.15) is 11.3 Å². The summed E-state index contributed by atoms with van der Waals surface area (Å²) >= 11 is 1.59. The number of anilines is 1. The zero-order chi connectivity index (χ0) is 14.5. The Labute approximate surface area is 118 Å². The van der Waals surface area contributed by atoms with Gasteiger partial charge < -0.3 is 10.4 Å². The van der Waals surface area contributed by atoms with Gasteiger partial charge in [-0.25, -0.2) is 4.79 Å². The van der Waals surface area contributed by atoms with Crippen molar-refractivity contribution in [1.29, 1.82) is 0 Å². The number of nitro benzene ring substituents is 1. The summed E-state index contributed by atoms with van der Waals surface area (Å²) in [7, 11) is 0. The van der Waals surface area contributed by atoms with Gasteiger partial charge in [-0.3, -0.25) is 10.1 Å². The molecular weight excluding hydrogens is 280 g/mol. The second-order valence-corrected chi connectivity index (χ2v) is 4.88. The van der Waals surface area contributed by atoms with E-state index in [1.54, 1.807) is 11.3 Å². The molecule has 7 heteroatoms. The lowest BCUT2D eigenvalue weighted by Gasteiger charge is -2.09. The fourth-order valence-corrected chi connectivity index (χ4v) is 2.46. The number of thiophene rings is 1. The van der Waals surface area contributed by atoms with E-state index >= 15 is 0 Å². The Morgan fingerprint density at radius 3 is 2.80 bits per heavy atom. The molecule has 0 bridgehead atoms. The number of rotatable bonds is 6. The number of nitro groups is 1. The normalized spacial score (nSPS) is 10.2. The van der Waals surface area contributed by atoms with Crippen molar-refractivity contribution in [3.8, 4) is 0 Å². The number of benzene rings is 1. The van der Waals surface area contributed by atoms with E-state index in [1.165, 1.54) is 18.2 Å². The van der Waals surface area contributed by atoms with Crippen LogP contribution in [-0.2, 0) is 6.42 Å². The molecule has 1 aromatic carbocycles. The summed E-state index contributed by atoms with van der Waals surface area (Å²) in [5, 5.41) is 26.7. The summed E-state index contributed by atoms with van der Waals surface area (Å²) in [5.74, 6) is -1.11. The van der Waals surface area contributed by atoms with Crippen LogP contribution in [0.5, 0.6) is 0 Å². The van der Waals surface area contributed by atoms with Crippen molar-refractivity contribution in [2.24, 2.45) is 0 Å². The molecule has 0 amide bonds. The quantitative estimate of drug-likeness (QED) is 0.630. The molecule has 0 aliphatic heterocycles. The second kappa shape index (κ2) is 6.16. The van der Waals surface area contributed by atoms with Gasteiger partial charge in [-0.1, -0.05) is 0 Å². The molecule has 0 atom stereocenters. The third kappa shape index (κ3) is 3.33. The summed E-state index contributed by atoms with van der Waals surface area (Å²) in [5.41, 5.74) is 1.31. The first-order valence-corrected chi connectivity index (χ1v) is 6.79. The van der Waals surface area contributed by atoms with E-state index in [-0.39, 0.29) is 16.9 Å². The van der Waals surface area contributed by atoms with Crippen LogP contribution in [0.4, 0.5) is 11.4 Å². The Hall–Kier alpha value is -2.41. The molecule has 0 aliphatic rings. The third-order valence-corrected chi connectivity index (χ3v) is 3.49. The number of aromatic carboxylic acids is 1. The molecule has 2 aromatic rings. The molecule has 20 heavy (non-hydrogen) atoms. The van der Waals surface area contributed by atoms with E-state index in [1.807, 2.05) is 16.8 Å². The van der Waals surface area contributed by atoms with E-state index in [2.05, 4.69) is 5.32 Å². The smallest absolute Gasteiger partial charge is 0.337 e. The average Bonchev–Trinajstić information content (AvgIpc) is 2.91. The molecule has 0 fully saturated rings. The molecule has 104 valence electrons. The van der Waals surface area contributed by atoms with Gasteiger partial charge in [0.25, 0.3) is 5.69 Å². The molecule has 0 radical (unpaired) electrons. The van der Waals surface area contributed by atoms with Crippen LogP contribution in [0.2, 0.25) is 0 Å². The SMILES string of the molecule is O=C(O)c1ccc([N+](=O)[O-])cc1NCCc1ccsc1. The van der Waals surface area contributed by atoms with Crippen molar-refractivity contribution in [3.63, 3.8) is 0 Å². The molecule has 2 rings (SSSR count). The molecule has 0 saturated carbocycles. The highest BCUT2D eigenvalue weighted by Gasteiger charge is 2.14. The molecule has 1 heterocycles. The van der Waals surface area contributed by atoms with Crippen LogP contribution in [0.15, 0.2) is 35.0 Å². The second-order valence-electron chi connectivity index (χ2n) is 4.10. The summed E-state index contributed by atoms with van der Waals surface area (Å²) in [6.45, 7) is 0.512. The Balaban J connectivity index is 2.13. The monoisotopic (exact) mass is 292 g/mol. The van der Waals surface area contributed by atoms with Gasteiger partial charge in [-0.05, 0) is 34.9 Å². The Kier molecular flexibility index (Phi) is 4.31. The van der Waals surface area contributed by atoms with Crippen molar-refractivity contribution in [2.75, 3.05) is 11.9 Å². The number of non-ortho nitro benzene ring substituents is 1. The van der Waals surface area contributed by atoms with E-state index in [0.717, 1.165) is 12.0 Å². The minimum atomic E-state index is -1.11. The maximum Gasteiger partial charge on any atom is 0.337 e.